The number of ether oxygens (including phenoxy) is 3. The molecule has 0 saturated heterocycles. The van der Waals surface area contributed by atoms with Crippen molar-refractivity contribution < 1.29 is 24.1 Å². The first kappa shape index (κ1) is 22.4. The van der Waals surface area contributed by atoms with Crippen LogP contribution in [0.2, 0.25) is 0 Å². The highest BCUT2D eigenvalue weighted by molar-refractivity contribution is 9.13. The number of carbonyl (C=O) groups excluding carboxylic acids is 1. The summed E-state index contributed by atoms with van der Waals surface area (Å²) in [7, 11) is 1.45. The first-order valence-electron chi connectivity index (χ1n) is 9.13. The molecule has 7 nitrogen and oxygen atoms in total. The molecule has 0 fully saturated rings. The summed E-state index contributed by atoms with van der Waals surface area (Å²) in [6.45, 7) is 6.40. The number of hydrogen-bond donors (Lipinski definition) is 2. The third-order valence-electron chi connectivity index (χ3n) is 4.53. The van der Waals surface area contributed by atoms with E-state index in [1.54, 1.807) is 6.07 Å². The number of phenolic OH excluding ortho intramolecular Hbond substituents is 1. The van der Waals surface area contributed by atoms with Gasteiger partial charge in [0.15, 0.2) is 23.0 Å². The Hall–Kier alpha value is -2.26. The van der Waals surface area contributed by atoms with Gasteiger partial charge in [0, 0.05) is 10.0 Å². The molecule has 0 aliphatic carbocycles. The van der Waals surface area contributed by atoms with Crippen LogP contribution in [-0.2, 0) is 10.2 Å². The van der Waals surface area contributed by atoms with Crippen LogP contribution >= 0.6 is 31.9 Å². The summed E-state index contributed by atoms with van der Waals surface area (Å²) in [6.07, 6.45) is 0.610. The highest BCUT2D eigenvalue weighted by Gasteiger charge is 2.28. The monoisotopic (exact) mass is 540 g/mol. The molecular weight excluding hydrogens is 520 g/mol. The predicted octanol–water partition coefficient (Wildman–Crippen LogP) is 4.51. The van der Waals surface area contributed by atoms with E-state index in [2.05, 4.69) is 63.2 Å². The number of nitrogens with zero attached hydrogens (tertiary/aromatic N) is 1. The molecule has 1 heterocycles. The molecule has 0 radical (unpaired) electrons. The number of amides is 1. The van der Waals surface area contributed by atoms with Crippen molar-refractivity contribution in [3.05, 3.63) is 44.3 Å². The van der Waals surface area contributed by atoms with Crippen molar-refractivity contribution in [1.29, 1.82) is 0 Å². The largest absolute Gasteiger partial charge is 0.503 e. The highest BCUT2D eigenvalue weighted by Crippen LogP contribution is 2.41. The molecular formula is C21H22Br2N2O5. The van der Waals surface area contributed by atoms with Gasteiger partial charge in [0.1, 0.15) is 6.61 Å². The number of halogens is 2. The van der Waals surface area contributed by atoms with Gasteiger partial charge in [-0.25, -0.2) is 5.43 Å². The number of methoxy groups -OCH3 is 1. The van der Waals surface area contributed by atoms with Gasteiger partial charge in [0.25, 0.3) is 5.91 Å². The van der Waals surface area contributed by atoms with Gasteiger partial charge in [0.2, 0.25) is 6.10 Å². The van der Waals surface area contributed by atoms with Crippen LogP contribution < -0.4 is 19.6 Å². The SMILES string of the molecule is COc1cc(C=NNC(=O)C2COc3ccc(C(C)(C)C)cc3O2)c(Br)c(Br)c1O. The first-order valence-corrected chi connectivity index (χ1v) is 10.7. The molecule has 1 amide bonds. The standard InChI is InChI=1S/C21H22Br2N2O5/c1-21(2,3)12-5-6-13-14(8-12)30-16(10-29-13)20(27)25-24-9-11-7-15(28-4)19(26)18(23)17(11)22/h5-9,16,26H,10H2,1-4H3,(H,25,27). The van der Waals surface area contributed by atoms with E-state index in [1.165, 1.54) is 13.3 Å². The fourth-order valence-electron chi connectivity index (χ4n) is 2.77. The van der Waals surface area contributed by atoms with Crippen LogP contribution in [-0.4, -0.2) is 37.0 Å². The van der Waals surface area contributed by atoms with Gasteiger partial charge in [-0.1, -0.05) is 26.8 Å². The number of benzene rings is 2. The van der Waals surface area contributed by atoms with E-state index in [4.69, 9.17) is 14.2 Å². The number of phenols is 1. The minimum atomic E-state index is -0.825. The number of aromatic hydroxyl groups is 1. The molecule has 0 saturated carbocycles. The van der Waals surface area contributed by atoms with E-state index in [-0.39, 0.29) is 23.5 Å². The third-order valence-corrected chi connectivity index (χ3v) is 6.69. The molecule has 0 bridgehead atoms. The average Bonchev–Trinajstić information content (AvgIpc) is 2.72. The number of nitrogens with one attached hydrogen (secondary N) is 1. The van der Waals surface area contributed by atoms with Gasteiger partial charge < -0.3 is 19.3 Å². The van der Waals surface area contributed by atoms with Crippen molar-refractivity contribution in [3.8, 4) is 23.0 Å². The van der Waals surface area contributed by atoms with Gasteiger partial charge in [-0.3, -0.25) is 4.79 Å². The van der Waals surface area contributed by atoms with Crippen LogP contribution in [0.25, 0.3) is 0 Å². The molecule has 1 aliphatic rings. The molecule has 1 atom stereocenters. The Morgan fingerprint density at radius 1 is 1.27 bits per heavy atom. The molecule has 1 aliphatic heterocycles. The molecule has 0 aromatic heterocycles. The smallest absolute Gasteiger partial charge is 0.284 e. The zero-order valence-corrected chi connectivity index (χ0v) is 20.1. The molecule has 2 N–H and O–H groups in total. The van der Waals surface area contributed by atoms with E-state index in [1.807, 2.05) is 18.2 Å². The number of fused-ring (bicyclic) bond motifs is 1. The Bertz CT molecular complexity index is 1000. The van der Waals surface area contributed by atoms with Crippen molar-refractivity contribution in [2.24, 2.45) is 5.10 Å². The maximum Gasteiger partial charge on any atom is 0.284 e. The summed E-state index contributed by atoms with van der Waals surface area (Å²) in [4.78, 5) is 12.5. The minimum Gasteiger partial charge on any atom is -0.503 e. The van der Waals surface area contributed by atoms with Crippen LogP contribution in [0.1, 0.15) is 31.9 Å². The topological polar surface area (TPSA) is 89.4 Å². The van der Waals surface area contributed by atoms with E-state index >= 15 is 0 Å². The second kappa shape index (κ2) is 8.85. The van der Waals surface area contributed by atoms with Gasteiger partial charge in [0.05, 0.1) is 17.8 Å². The molecule has 30 heavy (non-hydrogen) atoms. The minimum absolute atomic E-state index is 0.0355. The normalized spacial score (nSPS) is 15.9. The van der Waals surface area contributed by atoms with Gasteiger partial charge in [-0.05, 0) is 61.0 Å². The lowest BCUT2D eigenvalue weighted by molar-refractivity contribution is -0.130. The Morgan fingerprint density at radius 2 is 2.00 bits per heavy atom. The van der Waals surface area contributed by atoms with E-state index in [0.717, 1.165) is 5.56 Å². The van der Waals surface area contributed by atoms with Gasteiger partial charge in [-0.2, -0.15) is 5.10 Å². The summed E-state index contributed by atoms with van der Waals surface area (Å²) < 4.78 is 17.6. The lowest BCUT2D eigenvalue weighted by Crippen LogP contribution is -2.42. The zero-order chi connectivity index (χ0) is 22.1. The molecule has 3 rings (SSSR count). The Balaban J connectivity index is 1.70. The number of hydrazone groups is 1. The maximum atomic E-state index is 12.5. The fraction of sp³-hybridized carbons (Fsp3) is 0.333. The predicted molar refractivity (Wildman–Crippen MR) is 121 cm³/mol. The van der Waals surface area contributed by atoms with Gasteiger partial charge >= 0.3 is 0 Å². The van der Waals surface area contributed by atoms with Crippen LogP contribution in [0.4, 0.5) is 0 Å². The summed E-state index contributed by atoms with van der Waals surface area (Å²) in [5.74, 6) is 0.951. The fourth-order valence-corrected chi connectivity index (χ4v) is 3.60. The summed E-state index contributed by atoms with van der Waals surface area (Å²) in [6, 6.07) is 7.34. The van der Waals surface area contributed by atoms with E-state index < -0.39 is 12.0 Å². The summed E-state index contributed by atoms with van der Waals surface area (Å²) in [5.41, 5.74) is 4.09. The van der Waals surface area contributed by atoms with Crippen molar-refractivity contribution in [2.45, 2.75) is 32.3 Å². The number of carbonyl (C=O) groups is 1. The molecule has 160 valence electrons. The highest BCUT2D eigenvalue weighted by atomic mass is 79.9. The summed E-state index contributed by atoms with van der Waals surface area (Å²) in [5, 5.41) is 14.0. The van der Waals surface area contributed by atoms with Crippen molar-refractivity contribution in [1.82, 2.24) is 5.43 Å². The molecule has 0 spiro atoms. The first-order chi connectivity index (χ1) is 14.1. The lowest BCUT2D eigenvalue weighted by atomic mass is 9.87. The van der Waals surface area contributed by atoms with Crippen LogP contribution in [0.5, 0.6) is 23.0 Å². The van der Waals surface area contributed by atoms with E-state index in [0.29, 0.717) is 26.0 Å². The van der Waals surface area contributed by atoms with E-state index in [9.17, 15) is 9.90 Å². The summed E-state index contributed by atoms with van der Waals surface area (Å²) >= 11 is 6.65. The Kier molecular flexibility index (Phi) is 6.62. The maximum absolute atomic E-state index is 12.5. The van der Waals surface area contributed by atoms with Crippen molar-refractivity contribution in [3.63, 3.8) is 0 Å². The average molecular weight is 542 g/mol. The van der Waals surface area contributed by atoms with Gasteiger partial charge in [-0.15, -0.1) is 0 Å². The zero-order valence-electron chi connectivity index (χ0n) is 17.0. The molecule has 2 aromatic carbocycles. The number of rotatable bonds is 4. The van der Waals surface area contributed by atoms with Crippen LogP contribution in [0, 0.1) is 0 Å². The molecule has 2 aromatic rings. The second-order valence-corrected chi connectivity index (χ2v) is 9.29. The van der Waals surface area contributed by atoms with Crippen molar-refractivity contribution in [2.75, 3.05) is 13.7 Å². The third kappa shape index (κ3) is 4.73. The number of hydrogen-bond acceptors (Lipinski definition) is 6. The molecule has 1 unspecified atom stereocenters. The Morgan fingerprint density at radius 3 is 2.67 bits per heavy atom. The lowest BCUT2D eigenvalue weighted by Gasteiger charge is -2.27. The quantitative estimate of drug-likeness (QED) is 0.439. The van der Waals surface area contributed by atoms with Crippen LogP contribution in [0.3, 0.4) is 0 Å². The second-order valence-electron chi connectivity index (χ2n) is 7.71. The molecule has 9 heteroatoms. The van der Waals surface area contributed by atoms with Crippen molar-refractivity contribution >= 4 is 44.0 Å². The Labute approximate surface area is 191 Å². The van der Waals surface area contributed by atoms with Crippen LogP contribution in [0.15, 0.2) is 38.3 Å².